The van der Waals surface area contributed by atoms with Gasteiger partial charge in [0.25, 0.3) is 0 Å². The zero-order valence-corrected chi connectivity index (χ0v) is 18.0. The van der Waals surface area contributed by atoms with E-state index in [2.05, 4.69) is 22.1 Å². The summed E-state index contributed by atoms with van der Waals surface area (Å²) in [5.74, 6) is 0.214. The van der Waals surface area contributed by atoms with Gasteiger partial charge in [0.1, 0.15) is 6.04 Å². The van der Waals surface area contributed by atoms with Crippen molar-refractivity contribution in [2.45, 2.75) is 31.2 Å². The summed E-state index contributed by atoms with van der Waals surface area (Å²) in [5.41, 5.74) is 2.16. The van der Waals surface area contributed by atoms with E-state index in [1.807, 2.05) is 26.0 Å². The third-order valence-corrected chi connectivity index (χ3v) is 6.85. The number of rotatable bonds is 8. The molecule has 27 heavy (non-hydrogen) atoms. The molecular formula is C17H22N4O3S3. The van der Waals surface area contributed by atoms with Gasteiger partial charge in [-0.3, -0.25) is 14.4 Å². The van der Waals surface area contributed by atoms with Gasteiger partial charge < -0.3 is 0 Å². The predicted molar refractivity (Wildman–Crippen MR) is 112 cm³/mol. The van der Waals surface area contributed by atoms with Crippen LogP contribution in [0.3, 0.4) is 0 Å². The number of anilines is 2. The highest BCUT2D eigenvalue weighted by molar-refractivity contribution is 8.01. The third-order valence-electron chi connectivity index (χ3n) is 3.65. The lowest BCUT2D eigenvalue weighted by Gasteiger charge is -2.29. The molecule has 2 aromatic rings. The Balaban J connectivity index is 2.26. The Morgan fingerprint density at radius 3 is 2.74 bits per heavy atom. The number of amides is 1. The van der Waals surface area contributed by atoms with Crippen LogP contribution in [0.1, 0.15) is 18.1 Å². The Kier molecular flexibility index (Phi) is 7.01. The highest BCUT2D eigenvalue weighted by Crippen LogP contribution is 2.28. The van der Waals surface area contributed by atoms with Crippen LogP contribution in [0.5, 0.6) is 0 Å². The van der Waals surface area contributed by atoms with Gasteiger partial charge in [-0.05, 0) is 38.0 Å². The number of carbonyl (C=O) groups excluding carboxylic acids is 1. The summed E-state index contributed by atoms with van der Waals surface area (Å²) in [6.45, 7) is 8.87. The van der Waals surface area contributed by atoms with Crippen molar-refractivity contribution in [1.29, 1.82) is 0 Å². The van der Waals surface area contributed by atoms with Crippen LogP contribution in [0.4, 0.5) is 10.8 Å². The van der Waals surface area contributed by atoms with Crippen LogP contribution in [0.25, 0.3) is 0 Å². The molecule has 10 heteroatoms. The van der Waals surface area contributed by atoms with Gasteiger partial charge in [-0.2, -0.15) is 0 Å². The number of nitrogens with one attached hydrogen (secondary N) is 1. The normalized spacial score (nSPS) is 12.4. The average molecular weight is 427 g/mol. The smallest absolute Gasteiger partial charge is 0.249 e. The van der Waals surface area contributed by atoms with E-state index in [9.17, 15) is 13.2 Å². The van der Waals surface area contributed by atoms with Crippen LogP contribution >= 0.6 is 23.1 Å². The van der Waals surface area contributed by atoms with E-state index in [1.165, 1.54) is 23.1 Å². The molecule has 0 fully saturated rings. The number of carbonyl (C=O) groups is 1. The molecule has 146 valence electrons. The van der Waals surface area contributed by atoms with Crippen molar-refractivity contribution in [3.63, 3.8) is 0 Å². The number of hydrogen-bond donors (Lipinski definition) is 1. The highest BCUT2D eigenvalue weighted by atomic mass is 32.2. The van der Waals surface area contributed by atoms with Crippen LogP contribution in [0, 0.1) is 13.8 Å². The molecule has 7 nitrogen and oxygen atoms in total. The maximum atomic E-state index is 12.7. The fourth-order valence-electron chi connectivity index (χ4n) is 2.40. The van der Waals surface area contributed by atoms with Crippen molar-refractivity contribution in [3.05, 3.63) is 42.0 Å². The van der Waals surface area contributed by atoms with Gasteiger partial charge in [-0.1, -0.05) is 41.3 Å². The Morgan fingerprint density at radius 1 is 1.41 bits per heavy atom. The van der Waals surface area contributed by atoms with Crippen molar-refractivity contribution < 1.29 is 13.2 Å². The van der Waals surface area contributed by atoms with Crippen molar-refractivity contribution in [3.8, 4) is 0 Å². The molecule has 1 amide bonds. The minimum Gasteiger partial charge on any atom is -0.299 e. The summed E-state index contributed by atoms with van der Waals surface area (Å²) in [6, 6.07) is 4.54. The average Bonchev–Trinajstić information content (AvgIpc) is 3.02. The molecule has 0 aliphatic heterocycles. The molecule has 0 bridgehead atoms. The maximum Gasteiger partial charge on any atom is 0.249 e. The zero-order valence-electron chi connectivity index (χ0n) is 15.6. The molecule has 1 unspecified atom stereocenters. The lowest BCUT2D eigenvalue weighted by Crippen LogP contribution is -2.45. The fraction of sp³-hybridized carbons (Fsp3) is 0.353. The summed E-state index contributed by atoms with van der Waals surface area (Å²) in [5, 5.41) is 10.9. The Labute approximate surface area is 167 Å². The van der Waals surface area contributed by atoms with Crippen molar-refractivity contribution >= 4 is 49.8 Å². The van der Waals surface area contributed by atoms with Gasteiger partial charge in [-0.15, -0.1) is 16.8 Å². The maximum absolute atomic E-state index is 12.7. The number of thioether (sulfide) groups is 1. The summed E-state index contributed by atoms with van der Waals surface area (Å²) >= 11 is 2.69. The largest absolute Gasteiger partial charge is 0.299 e. The van der Waals surface area contributed by atoms with Crippen LogP contribution in [-0.2, 0) is 14.8 Å². The quantitative estimate of drug-likeness (QED) is 0.396. The second kappa shape index (κ2) is 8.85. The van der Waals surface area contributed by atoms with Crippen molar-refractivity contribution in [2.75, 3.05) is 21.6 Å². The first-order chi connectivity index (χ1) is 12.6. The van der Waals surface area contributed by atoms with Gasteiger partial charge in [0.05, 0.1) is 11.9 Å². The fourth-order valence-corrected chi connectivity index (χ4v) is 5.14. The van der Waals surface area contributed by atoms with Crippen molar-refractivity contribution in [2.24, 2.45) is 0 Å². The van der Waals surface area contributed by atoms with E-state index in [1.54, 1.807) is 19.1 Å². The van der Waals surface area contributed by atoms with Gasteiger partial charge >= 0.3 is 0 Å². The molecule has 0 spiro atoms. The first-order valence-electron chi connectivity index (χ1n) is 8.08. The van der Waals surface area contributed by atoms with Crippen LogP contribution in [0.2, 0.25) is 0 Å². The Bertz CT molecular complexity index is 941. The van der Waals surface area contributed by atoms with E-state index in [0.29, 0.717) is 20.9 Å². The SMILES string of the molecule is C=CCSc1nnc(NC(=O)C(C)N(c2cc(C)ccc2C)S(C)(=O)=O)s1. The van der Waals surface area contributed by atoms with Crippen LogP contribution in [-0.4, -0.2) is 42.6 Å². The van der Waals surface area contributed by atoms with E-state index in [0.717, 1.165) is 21.7 Å². The lowest BCUT2D eigenvalue weighted by molar-refractivity contribution is -0.116. The molecule has 1 N–H and O–H groups in total. The van der Waals surface area contributed by atoms with E-state index >= 15 is 0 Å². The Hall–Kier alpha value is -1.91. The molecule has 0 aliphatic rings. The van der Waals surface area contributed by atoms with E-state index in [-0.39, 0.29) is 0 Å². The molecule has 1 heterocycles. The summed E-state index contributed by atoms with van der Waals surface area (Å²) in [4.78, 5) is 12.7. The third kappa shape index (κ3) is 5.53. The standard InChI is InChI=1S/C17H22N4O3S3/c1-6-9-25-17-20-19-16(26-17)18-15(22)13(4)21(27(5,23)24)14-10-11(2)7-8-12(14)3/h6-8,10,13H,1,9H2,2-5H3,(H,18,19,22). The molecule has 1 atom stereocenters. The number of nitrogens with zero attached hydrogens (tertiary/aromatic N) is 3. The molecule has 0 saturated heterocycles. The van der Waals surface area contributed by atoms with E-state index < -0.39 is 22.0 Å². The van der Waals surface area contributed by atoms with Crippen LogP contribution < -0.4 is 9.62 Å². The highest BCUT2D eigenvalue weighted by Gasteiger charge is 2.30. The molecule has 0 radical (unpaired) electrons. The lowest BCUT2D eigenvalue weighted by atomic mass is 10.1. The minimum absolute atomic E-state index is 0.327. The molecular weight excluding hydrogens is 404 g/mol. The number of aromatic nitrogens is 2. The molecule has 0 saturated carbocycles. The zero-order chi connectivity index (χ0) is 20.2. The number of hydrogen-bond acceptors (Lipinski definition) is 7. The van der Waals surface area contributed by atoms with Gasteiger partial charge in [0.15, 0.2) is 4.34 Å². The number of benzene rings is 1. The molecule has 1 aromatic heterocycles. The second-order valence-corrected chi connectivity index (χ2v) is 10.1. The second-order valence-electron chi connectivity index (χ2n) is 5.99. The van der Waals surface area contributed by atoms with E-state index in [4.69, 9.17) is 0 Å². The first-order valence-corrected chi connectivity index (χ1v) is 11.7. The molecule has 0 aliphatic carbocycles. The van der Waals surface area contributed by atoms with Gasteiger partial charge in [-0.25, -0.2) is 8.42 Å². The number of sulfonamides is 1. The first kappa shape index (κ1) is 21.4. The van der Waals surface area contributed by atoms with Gasteiger partial charge in [0, 0.05) is 5.75 Å². The Morgan fingerprint density at radius 2 is 2.11 bits per heavy atom. The van der Waals surface area contributed by atoms with Crippen LogP contribution in [0.15, 0.2) is 35.2 Å². The topological polar surface area (TPSA) is 92.3 Å². The van der Waals surface area contributed by atoms with Gasteiger partial charge in [0.2, 0.25) is 21.1 Å². The predicted octanol–water partition coefficient (Wildman–Crippen LogP) is 3.23. The number of aryl methyl sites for hydroxylation is 2. The van der Waals surface area contributed by atoms with Crippen molar-refractivity contribution in [1.82, 2.24) is 10.2 Å². The minimum atomic E-state index is -3.68. The summed E-state index contributed by atoms with van der Waals surface area (Å²) in [6.07, 6.45) is 2.84. The monoisotopic (exact) mass is 426 g/mol. The molecule has 1 aromatic carbocycles. The molecule has 2 rings (SSSR count). The summed E-state index contributed by atoms with van der Waals surface area (Å²) < 4.78 is 26.7. The summed E-state index contributed by atoms with van der Waals surface area (Å²) in [7, 11) is -3.68.